The lowest BCUT2D eigenvalue weighted by molar-refractivity contribution is -0.138. The van der Waals surface area contributed by atoms with Crippen molar-refractivity contribution in [3.63, 3.8) is 0 Å². The van der Waals surface area contributed by atoms with Gasteiger partial charge in [0, 0.05) is 22.7 Å². The van der Waals surface area contributed by atoms with Crippen LogP contribution < -0.4 is 10.6 Å². The molecule has 1 atom stereocenters. The number of hydrogen-bond donors (Lipinski definition) is 3. The molecule has 6 nitrogen and oxygen atoms in total. The van der Waals surface area contributed by atoms with Gasteiger partial charge in [0.25, 0.3) is 0 Å². The smallest absolute Gasteiger partial charge is 0.303 e. The van der Waals surface area contributed by atoms with Gasteiger partial charge in [-0.05, 0) is 48.2 Å². The minimum atomic E-state index is -1.01. The third-order valence-corrected chi connectivity index (χ3v) is 5.83. The van der Waals surface area contributed by atoms with Gasteiger partial charge >= 0.3 is 5.97 Å². The summed E-state index contributed by atoms with van der Waals surface area (Å²) in [5.41, 5.74) is 2.56. The highest BCUT2D eigenvalue weighted by Crippen LogP contribution is 2.29. The maximum Gasteiger partial charge on any atom is 0.303 e. The van der Waals surface area contributed by atoms with Crippen molar-refractivity contribution in [3.8, 4) is 0 Å². The number of carboxylic acid groups (broad SMARTS) is 1. The van der Waals surface area contributed by atoms with Gasteiger partial charge in [-0.25, -0.2) is 0 Å². The van der Waals surface area contributed by atoms with Crippen LogP contribution in [0.2, 0.25) is 0 Å². The molecule has 0 aliphatic rings. The molecule has 0 spiro atoms. The van der Waals surface area contributed by atoms with Crippen LogP contribution in [0.5, 0.6) is 0 Å². The zero-order valence-corrected chi connectivity index (χ0v) is 18.3. The Kier molecular flexibility index (Phi) is 8.92. The van der Waals surface area contributed by atoms with Crippen LogP contribution in [0.25, 0.3) is 0 Å². The first-order chi connectivity index (χ1) is 14.3. The molecule has 0 saturated heterocycles. The maximum atomic E-state index is 12.7. The second kappa shape index (κ2) is 11.4. The number of anilines is 2. The summed E-state index contributed by atoms with van der Waals surface area (Å²) in [5.74, 6) is -0.999. The molecule has 2 aromatic rings. The molecule has 160 valence electrons. The Balaban J connectivity index is 1.98. The summed E-state index contributed by atoms with van der Waals surface area (Å²) in [6.07, 6.45) is 0.356. The lowest BCUT2D eigenvalue weighted by Gasteiger charge is -2.16. The number of carbonyl (C=O) groups is 3. The third-order valence-electron chi connectivity index (χ3n) is 4.47. The molecule has 0 aliphatic carbocycles. The van der Waals surface area contributed by atoms with E-state index in [0.29, 0.717) is 18.0 Å². The van der Waals surface area contributed by atoms with Crippen molar-refractivity contribution >= 4 is 40.9 Å². The first kappa shape index (κ1) is 23.5. The molecule has 0 fully saturated rings. The molecule has 3 N–H and O–H groups in total. The molecule has 0 bridgehead atoms. The van der Waals surface area contributed by atoms with E-state index in [1.165, 1.54) is 17.3 Å². The number of carbonyl (C=O) groups excluding carboxylic acids is 2. The molecule has 0 heterocycles. The van der Waals surface area contributed by atoms with Crippen LogP contribution in [0, 0.1) is 0 Å². The number of benzene rings is 2. The number of aliphatic carboxylic acids is 1. The quantitative estimate of drug-likeness (QED) is 0.456. The van der Waals surface area contributed by atoms with Crippen LogP contribution in [-0.2, 0) is 14.4 Å². The summed E-state index contributed by atoms with van der Waals surface area (Å²) in [7, 11) is 0. The summed E-state index contributed by atoms with van der Waals surface area (Å²) >= 11 is 1.43. The van der Waals surface area contributed by atoms with Crippen molar-refractivity contribution in [1.82, 2.24) is 0 Å². The normalized spacial score (nSPS) is 11.7. The molecule has 30 heavy (non-hydrogen) atoms. The van der Waals surface area contributed by atoms with Crippen LogP contribution in [0.4, 0.5) is 11.4 Å². The Morgan fingerprint density at radius 1 is 0.967 bits per heavy atom. The molecular weight excluding hydrogens is 400 g/mol. The van der Waals surface area contributed by atoms with Crippen molar-refractivity contribution < 1.29 is 19.5 Å². The largest absolute Gasteiger partial charge is 0.481 e. The van der Waals surface area contributed by atoms with Gasteiger partial charge in [-0.1, -0.05) is 39.0 Å². The molecular formula is C23H28N2O4S. The highest BCUT2D eigenvalue weighted by atomic mass is 32.2. The Bertz CT molecular complexity index is 881. The SMILES string of the molecule is CCC(Sc1cccc(NC(=O)CCC(=O)O)c1)C(=O)Nc1ccc(C(C)C)cc1. The average molecular weight is 429 g/mol. The molecule has 2 amide bonds. The van der Waals surface area contributed by atoms with Crippen molar-refractivity contribution in [2.24, 2.45) is 0 Å². The zero-order valence-electron chi connectivity index (χ0n) is 17.5. The van der Waals surface area contributed by atoms with Gasteiger partial charge in [0.1, 0.15) is 0 Å². The second-order valence-corrected chi connectivity index (χ2v) is 8.53. The van der Waals surface area contributed by atoms with Gasteiger partial charge in [-0.3, -0.25) is 14.4 Å². The number of carboxylic acids is 1. The van der Waals surface area contributed by atoms with Gasteiger partial charge in [0.15, 0.2) is 0 Å². The second-order valence-electron chi connectivity index (χ2n) is 7.25. The molecule has 2 aromatic carbocycles. The molecule has 0 aliphatic heterocycles. The number of rotatable bonds is 10. The van der Waals surface area contributed by atoms with Gasteiger partial charge in [-0.15, -0.1) is 11.8 Å². The minimum Gasteiger partial charge on any atom is -0.481 e. The summed E-state index contributed by atoms with van der Waals surface area (Å²) in [5, 5.41) is 14.1. The molecule has 0 aromatic heterocycles. The Hall–Kier alpha value is -2.80. The Morgan fingerprint density at radius 3 is 2.27 bits per heavy atom. The van der Waals surface area contributed by atoms with E-state index in [4.69, 9.17) is 5.11 Å². The number of amides is 2. The van der Waals surface area contributed by atoms with Gasteiger partial charge in [0.2, 0.25) is 11.8 Å². The van der Waals surface area contributed by atoms with E-state index < -0.39 is 5.97 Å². The van der Waals surface area contributed by atoms with Crippen molar-refractivity contribution in [1.29, 1.82) is 0 Å². The summed E-state index contributed by atoms with van der Waals surface area (Å²) in [6, 6.07) is 15.1. The van der Waals surface area contributed by atoms with Gasteiger partial charge in [-0.2, -0.15) is 0 Å². The Labute approximate surface area is 181 Å². The summed E-state index contributed by atoms with van der Waals surface area (Å²) < 4.78 is 0. The molecule has 0 saturated carbocycles. The molecule has 1 unspecified atom stereocenters. The molecule has 7 heteroatoms. The first-order valence-electron chi connectivity index (χ1n) is 9.97. The lowest BCUT2D eigenvalue weighted by Crippen LogP contribution is -2.24. The van der Waals surface area contributed by atoms with Crippen molar-refractivity contribution in [2.45, 2.75) is 56.1 Å². The fourth-order valence-corrected chi connectivity index (χ4v) is 3.77. The number of hydrogen-bond acceptors (Lipinski definition) is 4. The van der Waals surface area contributed by atoms with Crippen LogP contribution in [0.3, 0.4) is 0 Å². The fraction of sp³-hybridized carbons (Fsp3) is 0.348. The number of thioether (sulfide) groups is 1. The molecule has 2 rings (SSSR count). The summed E-state index contributed by atoms with van der Waals surface area (Å²) in [4.78, 5) is 36.0. The van der Waals surface area contributed by atoms with E-state index in [2.05, 4.69) is 24.5 Å². The Morgan fingerprint density at radius 2 is 1.67 bits per heavy atom. The van der Waals surface area contributed by atoms with Gasteiger partial charge < -0.3 is 15.7 Å². The number of nitrogens with one attached hydrogen (secondary N) is 2. The van der Waals surface area contributed by atoms with E-state index in [1.54, 1.807) is 18.2 Å². The average Bonchev–Trinajstić information content (AvgIpc) is 2.71. The van der Waals surface area contributed by atoms with E-state index >= 15 is 0 Å². The first-order valence-corrected chi connectivity index (χ1v) is 10.9. The monoisotopic (exact) mass is 428 g/mol. The van der Waals surface area contributed by atoms with E-state index in [1.807, 2.05) is 37.3 Å². The third kappa shape index (κ3) is 7.55. The van der Waals surface area contributed by atoms with E-state index in [-0.39, 0.29) is 29.9 Å². The minimum absolute atomic E-state index is 0.0734. The highest BCUT2D eigenvalue weighted by molar-refractivity contribution is 8.00. The van der Waals surface area contributed by atoms with E-state index in [9.17, 15) is 14.4 Å². The van der Waals surface area contributed by atoms with Crippen LogP contribution >= 0.6 is 11.8 Å². The topological polar surface area (TPSA) is 95.5 Å². The van der Waals surface area contributed by atoms with Crippen LogP contribution in [0.1, 0.15) is 51.5 Å². The predicted octanol–water partition coefficient (Wildman–Crippen LogP) is 5.12. The predicted molar refractivity (Wildman–Crippen MR) is 121 cm³/mol. The van der Waals surface area contributed by atoms with Crippen LogP contribution in [-0.4, -0.2) is 28.1 Å². The van der Waals surface area contributed by atoms with Crippen molar-refractivity contribution in [2.75, 3.05) is 10.6 Å². The standard InChI is InChI=1S/C23H28N2O4S/c1-4-20(23(29)25-17-10-8-16(9-11-17)15(2)3)30-19-7-5-6-18(14-19)24-21(26)12-13-22(27)28/h5-11,14-15,20H,4,12-13H2,1-3H3,(H,24,26)(H,25,29)(H,27,28). The van der Waals surface area contributed by atoms with Crippen LogP contribution in [0.15, 0.2) is 53.4 Å². The fourth-order valence-electron chi connectivity index (χ4n) is 2.75. The highest BCUT2D eigenvalue weighted by Gasteiger charge is 2.18. The van der Waals surface area contributed by atoms with Crippen molar-refractivity contribution in [3.05, 3.63) is 54.1 Å². The lowest BCUT2D eigenvalue weighted by atomic mass is 10.0. The maximum absolute atomic E-state index is 12.7. The molecule has 0 radical (unpaired) electrons. The van der Waals surface area contributed by atoms with Gasteiger partial charge in [0.05, 0.1) is 11.7 Å². The summed E-state index contributed by atoms with van der Waals surface area (Å²) in [6.45, 7) is 6.21. The zero-order chi connectivity index (χ0) is 22.1. The van der Waals surface area contributed by atoms with E-state index in [0.717, 1.165) is 10.6 Å².